The molecule has 2 aromatic rings. The molecule has 0 bridgehead atoms. The number of fused-ring (bicyclic) bond motifs is 1. The third-order valence-corrected chi connectivity index (χ3v) is 4.69. The number of hydrogen-bond acceptors (Lipinski definition) is 3. The zero-order chi connectivity index (χ0) is 17.3. The first-order valence-electron chi connectivity index (χ1n) is 8.63. The van der Waals surface area contributed by atoms with Gasteiger partial charge in [-0.15, -0.1) is 0 Å². The van der Waals surface area contributed by atoms with Gasteiger partial charge in [0.15, 0.2) is 0 Å². The summed E-state index contributed by atoms with van der Waals surface area (Å²) in [4.78, 5) is 12.6. The summed E-state index contributed by atoms with van der Waals surface area (Å²) in [5.74, 6) is 0.704. The summed E-state index contributed by atoms with van der Waals surface area (Å²) < 4.78 is 7.63. The molecule has 3 rings (SSSR count). The first-order chi connectivity index (χ1) is 11.5. The van der Waals surface area contributed by atoms with Gasteiger partial charge >= 0.3 is 0 Å². The van der Waals surface area contributed by atoms with Gasteiger partial charge in [-0.1, -0.05) is 31.5 Å². The van der Waals surface area contributed by atoms with Crippen molar-refractivity contribution >= 4 is 5.91 Å². The number of aromatic nitrogens is 2. The molecule has 5 nitrogen and oxygen atoms in total. The van der Waals surface area contributed by atoms with E-state index in [4.69, 9.17) is 4.74 Å². The molecule has 0 radical (unpaired) electrons. The Labute approximate surface area is 143 Å². The highest BCUT2D eigenvalue weighted by atomic mass is 16.5. The normalized spacial score (nSPS) is 16.1. The minimum Gasteiger partial charge on any atom is -0.491 e. The second kappa shape index (κ2) is 6.67. The van der Waals surface area contributed by atoms with Crippen LogP contribution in [-0.2, 0) is 0 Å². The van der Waals surface area contributed by atoms with E-state index in [9.17, 15) is 4.79 Å². The molecule has 1 aromatic carbocycles. The van der Waals surface area contributed by atoms with Gasteiger partial charge in [0.2, 0.25) is 0 Å². The molecule has 0 saturated heterocycles. The van der Waals surface area contributed by atoms with Crippen LogP contribution in [0.2, 0.25) is 0 Å². The predicted octanol–water partition coefficient (Wildman–Crippen LogP) is 3.72. The van der Waals surface area contributed by atoms with Crippen LogP contribution in [0.4, 0.5) is 0 Å². The summed E-state index contributed by atoms with van der Waals surface area (Å²) in [6.45, 7) is 8.79. The lowest BCUT2D eigenvalue weighted by Gasteiger charge is -2.15. The number of aryl methyl sites for hydroxylation is 2. The van der Waals surface area contributed by atoms with Gasteiger partial charge in [-0.25, -0.2) is 0 Å². The van der Waals surface area contributed by atoms with Gasteiger partial charge in [0.1, 0.15) is 18.1 Å². The van der Waals surface area contributed by atoms with Crippen molar-refractivity contribution in [2.75, 3.05) is 6.61 Å². The van der Waals surface area contributed by atoms with Gasteiger partial charge in [0.25, 0.3) is 5.91 Å². The molecule has 0 saturated carbocycles. The van der Waals surface area contributed by atoms with E-state index in [1.165, 1.54) is 0 Å². The lowest BCUT2D eigenvalue weighted by atomic mass is 10.1. The molecule has 2 heterocycles. The Morgan fingerprint density at radius 1 is 1.33 bits per heavy atom. The third-order valence-electron chi connectivity index (χ3n) is 4.69. The van der Waals surface area contributed by atoms with Gasteiger partial charge in [0.05, 0.1) is 12.1 Å². The Kier molecular flexibility index (Phi) is 4.60. The highest BCUT2D eigenvalue weighted by Crippen LogP contribution is 2.33. The first kappa shape index (κ1) is 16.6. The number of ether oxygens (including phenoxy) is 1. The summed E-state index contributed by atoms with van der Waals surface area (Å²) in [6.07, 6.45) is 2.01. The van der Waals surface area contributed by atoms with Crippen LogP contribution in [0.1, 0.15) is 66.1 Å². The fourth-order valence-electron chi connectivity index (χ4n) is 3.29. The Morgan fingerprint density at radius 3 is 2.79 bits per heavy atom. The second-order valence-corrected chi connectivity index (χ2v) is 6.46. The van der Waals surface area contributed by atoms with E-state index in [1.807, 2.05) is 36.7 Å². The minimum atomic E-state index is -0.147. The molecule has 1 aliphatic rings. The molecular weight excluding hydrogens is 302 g/mol. The number of nitrogens with zero attached hydrogens (tertiary/aromatic N) is 2. The van der Waals surface area contributed by atoms with Gasteiger partial charge in [-0.2, -0.15) is 5.10 Å². The fourth-order valence-corrected chi connectivity index (χ4v) is 3.29. The SMILES string of the molecule is CCC(CC)n1nc(C(=O)N[C@@H]2COc3ccc(C)cc32)cc1C. The third kappa shape index (κ3) is 3.03. The summed E-state index contributed by atoms with van der Waals surface area (Å²) in [5, 5.41) is 7.59. The smallest absolute Gasteiger partial charge is 0.272 e. The summed E-state index contributed by atoms with van der Waals surface area (Å²) in [5.41, 5.74) is 3.69. The van der Waals surface area contributed by atoms with Crippen molar-refractivity contribution in [3.05, 3.63) is 46.8 Å². The standard InChI is InChI=1S/C19H25N3O2/c1-5-14(6-2)22-13(4)10-16(21-22)19(23)20-17-11-24-18-8-7-12(3)9-15(17)18/h7-10,14,17H,5-6,11H2,1-4H3,(H,20,23)/t17-/m1/s1. The number of rotatable bonds is 5. The molecule has 0 spiro atoms. The summed E-state index contributed by atoms with van der Waals surface area (Å²) >= 11 is 0. The molecule has 128 valence electrons. The van der Waals surface area contributed by atoms with Crippen LogP contribution in [0.3, 0.4) is 0 Å². The average molecular weight is 327 g/mol. The molecule has 24 heavy (non-hydrogen) atoms. The zero-order valence-electron chi connectivity index (χ0n) is 14.8. The highest BCUT2D eigenvalue weighted by molar-refractivity contribution is 5.92. The molecule has 5 heteroatoms. The monoisotopic (exact) mass is 327 g/mol. The maximum atomic E-state index is 12.6. The topological polar surface area (TPSA) is 56.2 Å². The Morgan fingerprint density at radius 2 is 2.08 bits per heavy atom. The number of hydrogen-bond donors (Lipinski definition) is 1. The average Bonchev–Trinajstić information content (AvgIpc) is 3.13. The van der Waals surface area contributed by atoms with Crippen LogP contribution in [0, 0.1) is 13.8 Å². The van der Waals surface area contributed by atoms with E-state index < -0.39 is 0 Å². The van der Waals surface area contributed by atoms with Crippen LogP contribution in [0.25, 0.3) is 0 Å². The van der Waals surface area contributed by atoms with E-state index in [0.717, 1.165) is 35.4 Å². The number of nitrogens with one attached hydrogen (secondary N) is 1. The lowest BCUT2D eigenvalue weighted by molar-refractivity contribution is 0.0924. The van der Waals surface area contributed by atoms with E-state index >= 15 is 0 Å². The maximum Gasteiger partial charge on any atom is 0.272 e. The largest absolute Gasteiger partial charge is 0.491 e. The van der Waals surface area contributed by atoms with E-state index in [0.29, 0.717) is 18.3 Å². The van der Waals surface area contributed by atoms with Crippen molar-refractivity contribution in [1.29, 1.82) is 0 Å². The molecule has 0 fully saturated rings. The minimum absolute atomic E-state index is 0.119. The van der Waals surface area contributed by atoms with Crippen LogP contribution in [-0.4, -0.2) is 22.3 Å². The van der Waals surface area contributed by atoms with Gasteiger partial charge in [0, 0.05) is 11.3 Å². The first-order valence-corrected chi connectivity index (χ1v) is 8.63. The number of carbonyl (C=O) groups is 1. The number of carbonyl (C=O) groups excluding carboxylic acids is 1. The maximum absolute atomic E-state index is 12.6. The van der Waals surface area contributed by atoms with Gasteiger partial charge in [-0.3, -0.25) is 9.48 Å². The van der Waals surface area contributed by atoms with Crippen molar-refractivity contribution in [2.24, 2.45) is 0 Å². The highest BCUT2D eigenvalue weighted by Gasteiger charge is 2.27. The molecule has 0 aliphatic carbocycles. The van der Waals surface area contributed by atoms with Crippen molar-refractivity contribution in [3.8, 4) is 5.75 Å². The van der Waals surface area contributed by atoms with Crippen LogP contribution in [0.5, 0.6) is 5.75 Å². The lowest BCUT2D eigenvalue weighted by Crippen LogP contribution is -2.30. The van der Waals surface area contributed by atoms with Crippen molar-refractivity contribution in [2.45, 2.75) is 52.6 Å². The number of amides is 1. The Bertz CT molecular complexity index is 747. The molecule has 1 amide bonds. The number of benzene rings is 1. The summed E-state index contributed by atoms with van der Waals surface area (Å²) in [7, 11) is 0. The quantitative estimate of drug-likeness (QED) is 0.910. The molecule has 0 unspecified atom stereocenters. The molecule has 1 atom stereocenters. The molecule has 1 N–H and O–H groups in total. The van der Waals surface area contributed by atoms with Gasteiger partial charge < -0.3 is 10.1 Å². The predicted molar refractivity (Wildman–Crippen MR) is 93.5 cm³/mol. The van der Waals surface area contributed by atoms with Crippen LogP contribution < -0.4 is 10.1 Å². The van der Waals surface area contributed by atoms with E-state index in [1.54, 1.807) is 0 Å². The second-order valence-electron chi connectivity index (χ2n) is 6.46. The molecule has 1 aromatic heterocycles. The molecular formula is C19H25N3O2. The summed E-state index contributed by atoms with van der Waals surface area (Å²) in [6, 6.07) is 8.13. The van der Waals surface area contributed by atoms with Gasteiger partial charge in [-0.05, 0) is 38.8 Å². The fraction of sp³-hybridized carbons (Fsp3) is 0.474. The van der Waals surface area contributed by atoms with Crippen molar-refractivity contribution in [1.82, 2.24) is 15.1 Å². The van der Waals surface area contributed by atoms with E-state index in [-0.39, 0.29) is 11.9 Å². The van der Waals surface area contributed by atoms with Crippen LogP contribution in [0.15, 0.2) is 24.3 Å². The van der Waals surface area contributed by atoms with Crippen LogP contribution >= 0.6 is 0 Å². The zero-order valence-corrected chi connectivity index (χ0v) is 14.8. The van der Waals surface area contributed by atoms with E-state index in [2.05, 4.69) is 30.3 Å². The van der Waals surface area contributed by atoms with Crippen molar-refractivity contribution in [3.63, 3.8) is 0 Å². The Hall–Kier alpha value is -2.30. The molecule has 1 aliphatic heterocycles. The van der Waals surface area contributed by atoms with Crippen molar-refractivity contribution < 1.29 is 9.53 Å². The Balaban J connectivity index is 1.78.